The number of rotatable bonds is 21. The normalized spacial score (nSPS) is 15.1. The number of aliphatic carboxylic acids is 1. The Morgan fingerprint density at radius 2 is 0.900 bits per heavy atom. The number of esters is 1. The number of morpholine rings is 2. The van der Waals surface area contributed by atoms with Crippen LogP contribution in [0.25, 0.3) is 38.2 Å². The number of nitrogens with zero attached hydrogens (tertiary/aromatic N) is 8. The van der Waals surface area contributed by atoms with E-state index < -0.39 is 11.6 Å². The Morgan fingerprint density at radius 3 is 1.43 bits per heavy atom. The van der Waals surface area contributed by atoms with Crippen LogP contribution in [0.3, 0.4) is 0 Å². The number of aryl methyl sites for hydroxylation is 3. The molecule has 0 unspecified atom stereocenters. The third-order valence-corrected chi connectivity index (χ3v) is 30.7. The van der Waals surface area contributed by atoms with E-state index in [2.05, 4.69) is 356 Å². The molecule has 21 rings (SSSR count). The van der Waals surface area contributed by atoms with Gasteiger partial charge < -0.3 is 43.0 Å². The smallest absolute Gasteiger partial charge is 0.308 e. The summed E-state index contributed by atoms with van der Waals surface area (Å²) in [5.74, 6) is 8.32. The van der Waals surface area contributed by atoms with Crippen molar-refractivity contribution in [1.29, 1.82) is 0 Å². The molecule has 1 N–H and O–H groups in total. The van der Waals surface area contributed by atoms with Crippen LogP contribution in [0.5, 0.6) is 0 Å². The average molecular weight is 2060 g/mol. The molecule has 8 heterocycles. The predicted octanol–water partition coefficient (Wildman–Crippen LogP) is 31.9. The number of fused-ring (bicyclic) bond motifs is 9. The zero-order valence-corrected chi connectivity index (χ0v) is 95.9. The lowest BCUT2D eigenvalue weighted by Gasteiger charge is -2.28. The van der Waals surface area contributed by atoms with Gasteiger partial charge in [0, 0.05) is 117 Å². The van der Waals surface area contributed by atoms with Crippen molar-refractivity contribution in [1.82, 2.24) is 18.9 Å². The van der Waals surface area contributed by atoms with Crippen molar-refractivity contribution in [2.45, 2.75) is 307 Å². The number of amides is 1. The minimum Gasteiger partial charge on any atom is -0.481 e. The number of carboxylic acid groups (broad SMARTS) is 1. The Labute approximate surface area is 904 Å². The molecule has 0 atom stereocenters. The molecule has 798 valence electrons. The standard InChI is InChI=1S/C18H25NO2.C17H23NO.C15H20N2O.C15H19NO.C14H17NO2.C14H16S.C13H17NO.C13H17NS.C12H14O/c1-13(2)14-6-7-16-15(12-14)8-10-19(16)11-9-17(20)21-18(3,4)5;1-13(2)15-5-3-14-4-6-16(17(14)11-15)12-18-7-9-19-10-8-18;1-11(2)12-3-4-13-10-15(16-14(13)9-12)17-5-7-18-8-6-17;1-10(2)12-5-6-14-13(9-12)7-8-16(14)15(17)11-3-4-11;1-10(2)11-3-4-13-12(9-11)5-7-15(13)8-6-14(16)17;1-10(2)11-4-5-13-9-14(15-3)7-6-12(13)8-11;2*1-4-15-13-8-11-6-5-10(9(2)3)7-12(11)14-13;1-8(2)10-4-3-9-5-6-12(13)11(9)7-10/h6-8,10,12-13H,9,11H2,1-5H3;3,5-6,11,13H,4,7-10,12H2,1-2H3;3-4,9,11H,5-8,10H2,1-2H3;5-6,9-11H,3-4,7-8H2,1-2H3;3-5,7,9-10H,6,8H2,1-2H3,(H,16,17);4-10H,1-3H3;2*5-7,9H,4,8H2,1-3H3;3-4,7-8H,5-6H2,1-2H3. The number of hydrogen-bond acceptors (Lipinski definition) is 15. The van der Waals surface area contributed by atoms with E-state index in [4.69, 9.17) is 29.0 Å². The molecular weight excluding hydrogens is 1890 g/mol. The van der Waals surface area contributed by atoms with E-state index in [1.807, 2.05) is 67.4 Å². The molecule has 10 aromatic carbocycles. The first-order valence-electron chi connectivity index (χ1n) is 55.4. The number of allylic oxidation sites excluding steroid dienone is 1. The third-order valence-electron chi connectivity index (χ3n) is 29.1. The summed E-state index contributed by atoms with van der Waals surface area (Å²) in [5.41, 5.74) is 30.8. The number of thioether (sulfide) groups is 2. The summed E-state index contributed by atoms with van der Waals surface area (Å²) >= 11 is 3.65. The van der Waals surface area contributed by atoms with Crippen LogP contribution in [-0.4, -0.2) is 154 Å². The highest BCUT2D eigenvalue weighted by molar-refractivity contribution is 8.13. The maximum atomic E-state index is 12.1. The molecule has 6 aliphatic heterocycles. The number of amidine groups is 1. The van der Waals surface area contributed by atoms with Gasteiger partial charge in [-0.05, 0) is 320 Å². The van der Waals surface area contributed by atoms with Crippen molar-refractivity contribution in [2.75, 3.05) is 89.2 Å². The van der Waals surface area contributed by atoms with Crippen molar-refractivity contribution in [3.05, 3.63) is 307 Å². The molecule has 19 heteroatoms. The van der Waals surface area contributed by atoms with Gasteiger partial charge in [-0.3, -0.25) is 24.1 Å². The lowest BCUT2D eigenvalue weighted by molar-refractivity contribution is -0.155. The Morgan fingerprint density at radius 1 is 0.447 bits per heavy atom. The van der Waals surface area contributed by atoms with Gasteiger partial charge in [0.05, 0.1) is 74.4 Å². The number of ether oxygens (including phenoxy) is 4. The summed E-state index contributed by atoms with van der Waals surface area (Å²) in [6.45, 7) is 60.9. The van der Waals surface area contributed by atoms with Gasteiger partial charge in [-0.15, -0.1) is 23.5 Å². The van der Waals surface area contributed by atoms with Crippen LogP contribution in [0.2, 0.25) is 0 Å². The number of ketones is 1. The van der Waals surface area contributed by atoms with E-state index in [0.717, 1.165) is 151 Å². The maximum Gasteiger partial charge on any atom is 0.308 e. The molecule has 2 saturated heterocycles. The van der Waals surface area contributed by atoms with Gasteiger partial charge in [0.25, 0.3) is 0 Å². The SMILES string of the molecule is CC(C)c1ccc2c(c1)C(=O)CC2.CC(C)c1ccc2c(c1)C(CN1CCOCC1)=CC2.CC(C)c1ccc2c(c1)CCN2C(=O)C1CC1.CC(C)c1ccc2c(c1)N=C(N1CCOCC1)C2.CC(C)c1ccc2c(ccn2CCC(=O)O)c1.CC(C)c1ccc2c(ccn2CCC(=O)OC(C)(C)C)c1.CCOC1=Nc2cc(C(C)C)ccc2C1.CCSC1=Nc2cc(C(C)C)ccc2C1.CSc1ccc2cc(C(C)C)ccc2c1. The minimum absolute atomic E-state index is 0.150. The van der Waals surface area contributed by atoms with Crippen LogP contribution in [0.1, 0.15) is 344 Å². The molecule has 1 saturated carbocycles. The number of carboxylic acids is 1. The van der Waals surface area contributed by atoms with Gasteiger partial charge in [0.15, 0.2) is 11.7 Å². The predicted molar refractivity (Wildman–Crippen MR) is 633 cm³/mol. The van der Waals surface area contributed by atoms with Crippen molar-refractivity contribution in [3.8, 4) is 0 Å². The lowest BCUT2D eigenvalue weighted by atomic mass is 9.96. The van der Waals surface area contributed by atoms with Crippen molar-refractivity contribution in [2.24, 2.45) is 20.9 Å². The number of hydrogen-bond donors (Lipinski definition) is 1. The van der Waals surface area contributed by atoms with Crippen molar-refractivity contribution >= 4 is 125 Å². The summed E-state index contributed by atoms with van der Waals surface area (Å²) in [6, 6.07) is 70.3. The van der Waals surface area contributed by atoms with Gasteiger partial charge in [0.2, 0.25) is 5.91 Å². The van der Waals surface area contributed by atoms with E-state index >= 15 is 0 Å². The quantitative estimate of drug-likeness (QED) is 0.0530. The Hall–Kier alpha value is -11.5. The van der Waals surface area contributed by atoms with Crippen LogP contribution >= 0.6 is 23.5 Å². The van der Waals surface area contributed by atoms with Gasteiger partial charge >= 0.3 is 11.9 Å². The van der Waals surface area contributed by atoms with Crippen LogP contribution in [0.15, 0.2) is 232 Å². The fourth-order valence-corrected chi connectivity index (χ4v) is 20.7. The molecule has 0 spiro atoms. The molecule has 0 bridgehead atoms. The molecule has 12 aromatic rings. The van der Waals surface area contributed by atoms with E-state index in [0.29, 0.717) is 103 Å². The number of benzene rings is 10. The molecule has 150 heavy (non-hydrogen) atoms. The number of carbonyl (C=O) groups is 4. The van der Waals surface area contributed by atoms with Crippen LogP contribution in [0.4, 0.5) is 22.7 Å². The molecule has 17 nitrogen and oxygen atoms in total. The summed E-state index contributed by atoms with van der Waals surface area (Å²) < 4.78 is 25.7. The Balaban J connectivity index is 0.000000141. The molecule has 3 aliphatic carbocycles. The first-order chi connectivity index (χ1) is 71.8. The number of anilines is 1. The van der Waals surface area contributed by atoms with Gasteiger partial charge in [0.1, 0.15) is 11.4 Å². The highest BCUT2D eigenvalue weighted by Gasteiger charge is 2.37. The van der Waals surface area contributed by atoms with Gasteiger partial charge in [-0.1, -0.05) is 253 Å². The summed E-state index contributed by atoms with van der Waals surface area (Å²) in [6.07, 6.45) is 17.9. The van der Waals surface area contributed by atoms with Crippen LogP contribution in [-0.2, 0) is 84.9 Å². The summed E-state index contributed by atoms with van der Waals surface area (Å²) in [4.78, 5) is 68.1. The largest absolute Gasteiger partial charge is 0.481 e. The average Bonchev–Trinajstić information content (AvgIpc) is 1.61. The highest BCUT2D eigenvalue weighted by atomic mass is 32.2. The zero-order valence-electron chi connectivity index (χ0n) is 94.3. The number of aliphatic imine (C=N–C) groups is 3. The maximum absolute atomic E-state index is 12.1. The van der Waals surface area contributed by atoms with Gasteiger partial charge in [-0.2, -0.15) is 0 Å². The molecular formula is C131H168N8O9S2. The summed E-state index contributed by atoms with van der Waals surface area (Å²) in [7, 11) is 0. The van der Waals surface area contributed by atoms with Crippen molar-refractivity contribution in [3.63, 3.8) is 0 Å². The van der Waals surface area contributed by atoms with E-state index in [9.17, 15) is 19.2 Å². The van der Waals surface area contributed by atoms with Crippen LogP contribution in [0, 0.1) is 5.92 Å². The number of aromatic nitrogens is 2. The first-order valence-corrected chi connectivity index (χ1v) is 57.6. The molecule has 0 radical (unpaired) electrons. The second-order valence-corrected chi connectivity index (χ2v) is 46.9. The van der Waals surface area contributed by atoms with E-state index in [-0.39, 0.29) is 12.4 Å². The number of Topliss-reactive ketones (excluding diaryl/α,β-unsaturated/α-hetero) is 1. The van der Waals surface area contributed by atoms with E-state index in [1.54, 1.807) is 11.8 Å². The second kappa shape index (κ2) is 54.7. The second-order valence-electron chi connectivity index (χ2n) is 44.7. The van der Waals surface area contributed by atoms with E-state index in [1.165, 1.54) is 149 Å². The molecule has 2 aromatic heterocycles. The third kappa shape index (κ3) is 32.6. The topological polar surface area (TPSA) is 182 Å². The van der Waals surface area contributed by atoms with Crippen LogP contribution < -0.4 is 4.90 Å². The highest BCUT2D eigenvalue weighted by Crippen LogP contribution is 2.41. The fraction of sp³-hybridized carbons (Fsp3) is 0.458. The molecule has 1 amide bonds. The molecule has 9 aliphatic rings. The lowest BCUT2D eigenvalue weighted by Crippen LogP contribution is -2.40. The zero-order chi connectivity index (χ0) is 108. The Kier molecular flexibility index (Phi) is 42.2. The number of carbonyl (C=O) groups excluding carboxylic acids is 3. The summed E-state index contributed by atoms with van der Waals surface area (Å²) in [5, 5.41) is 15.1. The minimum atomic E-state index is -0.759. The fourth-order valence-electron chi connectivity index (χ4n) is 19.5. The monoisotopic (exact) mass is 2060 g/mol. The molecule has 3 fully saturated rings. The van der Waals surface area contributed by atoms with Crippen molar-refractivity contribution < 1.29 is 43.2 Å². The first kappa shape index (κ1) is 116. The Bertz CT molecular complexity index is 6660. The van der Waals surface area contributed by atoms with Gasteiger partial charge in [-0.25, -0.2) is 15.0 Å².